The van der Waals surface area contributed by atoms with Crippen LogP contribution in [0.2, 0.25) is 0 Å². The molecule has 0 amide bonds. The number of nitrogen functional groups attached to an aromatic ring is 4. The summed E-state index contributed by atoms with van der Waals surface area (Å²) in [6, 6.07) is 18.5. The van der Waals surface area contributed by atoms with Gasteiger partial charge in [-0.25, -0.2) is 0 Å². The van der Waals surface area contributed by atoms with E-state index in [0.717, 1.165) is 54.3 Å². The van der Waals surface area contributed by atoms with E-state index in [-0.39, 0.29) is 0 Å². The summed E-state index contributed by atoms with van der Waals surface area (Å²) in [6.45, 7) is 10.1. The van der Waals surface area contributed by atoms with Crippen molar-refractivity contribution < 1.29 is 4.74 Å². The van der Waals surface area contributed by atoms with E-state index >= 15 is 0 Å². The van der Waals surface area contributed by atoms with Gasteiger partial charge in [-0.05, 0) is 66.9 Å². The van der Waals surface area contributed by atoms with Crippen LogP contribution in [-0.4, -0.2) is 13.1 Å². The Morgan fingerprint density at radius 2 is 1.34 bits per heavy atom. The molecule has 0 heterocycles. The third kappa shape index (κ3) is 7.16. The van der Waals surface area contributed by atoms with Gasteiger partial charge in [0.25, 0.3) is 0 Å². The first kappa shape index (κ1) is 24.5. The van der Waals surface area contributed by atoms with Crippen LogP contribution in [-0.2, 0) is 0 Å². The van der Waals surface area contributed by atoms with Crippen molar-refractivity contribution in [3.63, 3.8) is 0 Å². The Kier molecular flexibility index (Phi) is 9.29. The number of anilines is 5. The van der Waals surface area contributed by atoms with Gasteiger partial charge in [-0.15, -0.1) is 0 Å². The SMILES string of the molecule is C=Cc1ccc(Oc2ccc(N)cc2N)cc1.CCCN(CCC)c1ccc(N)cc1N. The first-order chi connectivity index (χ1) is 15.4. The molecule has 0 spiro atoms. The number of hydrogen-bond acceptors (Lipinski definition) is 6. The lowest BCUT2D eigenvalue weighted by Gasteiger charge is -2.25. The predicted molar refractivity (Wildman–Crippen MR) is 140 cm³/mol. The van der Waals surface area contributed by atoms with Gasteiger partial charge in [-0.1, -0.05) is 38.6 Å². The van der Waals surface area contributed by atoms with E-state index in [9.17, 15) is 0 Å². The second-order valence-electron chi connectivity index (χ2n) is 7.48. The van der Waals surface area contributed by atoms with Gasteiger partial charge < -0.3 is 32.6 Å². The number of nitrogens with two attached hydrogens (primary N) is 4. The van der Waals surface area contributed by atoms with Crippen molar-refractivity contribution in [1.29, 1.82) is 0 Å². The number of hydrogen-bond donors (Lipinski definition) is 4. The third-order valence-electron chi connectivity index (χ3n) is 4.76. The van der Waals surface area contributed by atoms with Gasteiger partial charge >= 0.3 is 0 Å². The highest BCUT2D eigenvalue weighted by Crippen LogP contribution is 2.29. The topological polar surface area (TPSA) is 117 Å². The summed E-state index contributed by atoms with van der Waals surface area (Å²) in [5.74, 6) is 1.33. The van der Waals surface area contributed by atoms with Crippen molar-refractivity contribution in [3.05, 3.63) is 72.8 Å². The molecule has 0 fully saturated rings. The number of benzene rings is 3. The van der Waals surface area contributed by atoms with Gasteiger partial charge in [0.05, 0.1) is 17.1 Å². The van der Waals surface area contributed by atoms with Crippen LogP contribution in [0.4, 0.5) is 28.4 Å². The van der Waals surface area contributed by atoms with E-state index in [0.29, 0.717) is 17.1 Å². The van der Waals surface area contributed by atoms with Crippen LogP contribution in [0.5, 0.6) is 11.5 Å². The predicted octanol–water partition coefficient (Wildman–Crippen LogP) is 5.76. The smallest absolute Gasteiger partial charge is 0.150 e. The molecule has 3 rings (SSSR count). The molecule has 0 unspecified atom stereocenters. The summed E-state index contributed by atoms with van der Waals surface area (Å²) in [7, 11) is 0. The molecule has 3 aromatic carbocycles. The molecule has 3 aromatic rings. The van der Waals surface area contributed by atoms with Crippen LogP contribution in [0.1, 0.15) is 32.3 Å². The lowest BCUT2D eigenvalue weighted by molar-refractivity contribution is 0.485. The molecule has 170 valence electrons. The molecule has 0 saturated carbocycles. The maximum absolute atomic E-state index is 5.96. The molecule has 0 aliphatic heterocycles. The minimum atomic E-state index is 0.526. The van der Waals surface area contributed by atoms with E-state index in [1.54, 1.807) is 24.3 Å². The molecule has 32 heavy (non-hydrogen) atoms. The van der Waals surface area contributed by atoms with Crippen LogP contribution in [0.15, 0.2) is 67.2 Å². The van der Waals surface area contributed by atoms with Gasteiger partial charge in [0.1, 0.15) is 11.5 Å². The maximum Gasteiger partial charge on any atom is 0.150 e. The zero-order chi connectivity index (χ0) is 23.5. The van der Waals surface area contributed by atoms with Crippen molar-refractivity contribution in [2.24, 2.45) is 0 Å². The van der Waals surface area contributed by atoms with E-state index < -0.39 is 0 Å². The Bertz CT molecular complexity index is 996. The molecule has 8 N–H and O–H groups in total. The molecule has 0 radical (unpaired) electrons. The highest BCUT2D eigenvalue weighted by Gasteiger charge is 2.08. The molecule has 6 heteroatoms. The quantitative estimate of drug-likeness (QED) is 0.335. The molecular formula is C26H35N5O. The van der Waals surface area contributed by atoms with Crippen LogP contribution in [0, 0.1) is 0 Å². The van der Waals surface area contributed by atoms with E-state index in [4.69, 9.17) is 27.7 Å². The molecule has 0 saturated heterocycles. The molecule has 0 aliphatic carbocycles. The van der Waals surface area contributed by atoms with E-state index in [1.807, 2.05) is 42.5 Å². The number of ether oxygens (including phenoxy) is 1. The summed E-state index contributed by atoms with van der Waals surface area (Å²) in [5, 5.41) is 0. The van der Waals surface area contributed by atoms with E-state index in [1.165, 1.54) is 0 Å². The van der Waals surface area contributed by atoms with Crippen LogP contribution in [0.3, 0.4) is 0 Å². The fourth-order valence-corrected chi connectivity index (χ4v) is 3.21. The van der Waals surface area contributed by atoms with Gasteiger partial charge in [-0.2, -0.15) is 0 Å². The number of nitrogens with zero attached hydrogens (tertiary/aromatic N) is 1. The normalized spacial score (nSPS) is 10.1. The van der Waals surface area contributed by atoms with E-state index in [2.05, 4.69) is 25.3 Å². The second kappa shape index (κ2) is 12.2. The standard InChI is InChI=1S/C14H14N2O.C12H21N3/c1-2-10-3-6-12(7-4-10)17-14-8-5-11(15)9-13(14)16;1-3-7-15(8-4-2)12-6-5-10(13)9-11(12)14/h2-9H,1,15-16H2;5-6,9H,3-4,7-8,13-14H2,1-2H3. The lowest BCUT2D eigenvalue weighted by Crippen LogP contribution is -2.25. The fraction of sp³-hybridized carbons (Fsp3) is 0.231. The van der Waals surface area contributed by atoms with Crippen LogP contribution in [0.25, 0.3) is 6.08 Å². The van der Waals surface area contributed by atoms with Crippen LogP contribution >= 0.6 is 0 Å². The maximum atomic E-state index is 5.96. The van der Waals surface area contributed by atoms with Crippen molar-refractivity contribution in [3.8, 4) is 11.5 Å². The Labute approximate surface area is 191 Å². The second-order valence-corrected chi connectivity index (χ2v) is 7.48. The Hall–Kier alpha value is -3.80. The lowest BCUT2D eigenvalue weighted by atomic mass is 10.2. The average molecular weight is 434 g/mol. The Balaban J connectivity index is 0.000000229. The summed E-state index contributed by atoms with van der Waals surface area (Å²) < 4.78 is 5.65. The average Bonchev–Trinajstić information content (AvgIpc) is 2.77. The molecule has 6 nitrogen and oxygen atoms in total. The Morgan fingerprint density at radius 1 is 0.781 bits per heavy atom. The van der Waals surface area contributed by atoms with Gasteiger partial charge in [-0.3, -0.25) is 0 Å². The largest absolute Gasteiger partial charge is 0.455 e. The molecule has 0 bridgehead atoms. The highest BCUT2D eigenvalue weighted by molar-refractivity contribution is 5.71. The summed E-state index contributed by atoms with van der Waals surface area (Å²) in [4.78, 5) is 2.31. The highest BCUT2D eigenvalue weighted by atomic mass is 16.5. The first-order valence-corrected chi connectivity index (χ1v) is 10.8. The van der Waals surface area contributed by atoms with Crippen molar-refractivity contribution in [2.75, 3.05) is 40.9 Å². The molecule has 0 aromatic heterocycles. The van der Waals surface area contributed by atoms with Crippen molar-refractivity contribution >= 4 is 34.5 Å². The minimum Gasteiger partial charge on any atom is -0.455 e. The minimum absolute atomic E-state index is 0.526. The molecular weight excluding hydrogens is 398 g/mol. The van der Waals surface area contributed by atoms with Crippen LogP contribution < -0.4 is 32.6 Å². The molecule has 0 aliphatic rings. The number of rotatable bonds is 8. The molecule has 0 atom stereocenters. The first-order valence-electron chi connectivity index (χ1n) is 10.8. The van der Waals surface area contributed by atoms with Gasteiger partial charge in [0, 0.05) is 24.5 Å². The summed E-state index contributed by atoms with van der Waals surface area (Å²) in [6.07, 6.45) is 4.04. The zero-order valence-electron chi connectivity index (χ0n) is 19.1. The summed E-state index contributed by atoms with van der Waals surface area (Å²) in [5.41, 5.74) is 27.9. The van der Waals surface area contributed by atoms with Gasteiger partial charge in [0.2, 0.25) is 0 Å². The zero-order valence-corrected chi connectivity index (χ0v) is 19.1. The van der Waals surface area contributed by atoms with Crippen molar-refractivity contribution in [1.82, 2.24) is 0 Å². The third-order valence-corrected chi connectivity index (χ3v) is 4.76. The van der Waals surface area contributed by atoms with Crippen molar-refractivity contribution in [2.45, 2.75) is 26.7 Å². The monoisotopic (exact) mass is 433 g/mol. The van der Waals surface area contributed by atoms with Gasteiger partial charge in [0.15, 0.2) is 0 Å². The summed E-state index contributed by atoms with van der Waals surface area (Å²) >= 11 is 0. The Morgan fingerprint density at radius 3 is 1.84 bits per heavy atom. The fourth-order valence-electron chi connectivity index (χ4n) is 3.21.